The third-order valence-electron chi connectivity index (χ3n) is 3.39. The van der Waals surface area contributed by atoms with Gasteiger partial charge in [-0.3, -0.25) is 4.98 Å². The van der Waals surface area contributed by atoms with Gasteiger partial charge < -0.3 is 10.4 Å². The van der Waals surface area contributed by atoms with Gasteiger partial charge in [0.25, 0.3) is 0 Å². The quantitative estimate of drug-likeness (QED) is 0.822. The number of hydrogen-bond acceptors (Lipinski definition) is 3. The Morgan fingerprint density at radius 2 is 2.24 bits per heavy atom. The van der Waals surface area contributed by atoms with Crippen LogP contribution in [0.2, 0.25) is 0 Å². The Balaban J connectivity index is 1.87. The van der Waals surface area contributed by atoms with E-state index < -0.39 is 5.97 Å². The molecule has 0 amide bonds. The molecule has 1 aromatic heterocycles. The molecule has 1 saturated carbocycles. The van der Waals surface area contributed by atoms with Crippen molar-refractivity contribution in [3.63, 3.8) is 0 Å². The van der Waals surface area contributed by atoms with Crippen molar-refractivity contribution in [2.24, 2.45) is 5.92 Å². The van der Waals surface area contributed by atoms with E-state index in [4.69, 9.17) is 5.11 Å². The predicted octanol–water partition coefficient (Wildman–Crippen LogP) is 2.77. The van der Waals surface area contributed by atoms with Crippen LogP contribution in [0.4, 0.5) is 5.69 Å². The van der Waals surface area contributed by atoms with Gasteiger partial charge in [-0.2, -0.15) is 0 Å². The number of carboxylic acid groups (broad SMARTS) is 1. The van der Waals surface area contributed by atoms with Gasteiger partial charge in [0.15, 0.2) is 0 Å². The van der Waals surface area contributed by atoms with Gasteiger partial charge in [-0.1, -0.05) is 25.7 Å². The van der Waals surface area contributed by atoms with Crippen molar-refractivity contribution in [1.29, 1.82) is 0 Å². The normalized spacial score (nSPS) is 16.0. The molecule has 1 aliphatic rings. The van der Waals surface area contributed by atoms with E-state index in [1.54, 1.807) is 6.20 Å². The van der Waals surface area contributed by atoms with Gasteiger partial charge >= 0.3 is 5.97 Å². The zero-order chi connectivity index (χ0) is 12.1. The minimum absolute atomic E-state index is 0.298. The fraction of sp³-hybridized carbons (Fsp3) is 0.538. The summed E-state index contributed by atoms with van der Waals surface area (Å²) in [6.45, 7) is 0.830. The molecule has 2 rings (SSSR count). The smallest absolute Gasteiger partial charge is 0.337 e. The fourth-order valence-corrected chi connectivity index (χ4v) is 2.43. The number of carbonyl (C=O) groups is 1. The third kappa shape index (κ3) is 3.19. The molecule has 0 bridgehead atoms. The van der Waals surface area contributed by atoms with Gasteiger partial charge in [-0.25, -0.2) is 4.79 Å². The number of anilines is 1. The summed E-state index contributed by atoms with van der Waals surface area (Å²) in [5.41, 5.74) is 0.921. The number of rotatable bonds is 5. The molecule has 2 N–H and O–H groups in total. The highest BCUT2D eigenvalue weighted by molar-refractivity contribution is 5.93. The van der Waals surface area contributed by atoms with E-state index in [-0.39, 0.29) is 0 Å². The maximum Gasteiger partial charge on any atom is 0.337 e. The Hall–Kier alpha value is -1.58. The van der Waals surface area contributed by atoms with Crippen LogP contribution in [-0.2, 0) is 0 Å². The molecular formula is C13H18N2O2. The van der Waals surface area contributed by atoms with Crippen molar-refractivity contribution < 1.29 is 9.90 Å². The average molecular weight is 234 g/mol. The molecule has 0 aliphatic heterocycles. The fourth-order valence-electron chi connectivity index (χ4n) is 2.43. The molecule has 0 radical (unpaired) electrons. The number of aromatic nitrogens is 1. The maximum atomic E-state index is 11.0. The Kier molecular flexibility index (Phi) is 3.96. The third-order valence-corrected chi connectivity index (χ3v) is 3.39. The van der Waals surface area contributed by atoms with Crippen LogP contribution in [0.1, 0.15) is 42.5 Å². The van der Waals surface area contributed by atoms with Crippen LogP contribution in [0, 0.1) is 5.92 Å². The minimum Gasteiger partial charge on any atom is -0.478 e. The topological polar surface area (TPSA) is 62.2 Å². The highest BCUT2D eigenvalue weighted by Crippen LogP contribution is 2.27. The molecule has 0 spiro atoms. The minimum atomic E-state index is -0.907. The zero-order valence-electron chi connectivity index (χ0n) is 9.85. The van der Waals surface area contributed by atoms with Crippen molar-refractivity contribution in [1.82, 2.24) is 4.98 Å². The van der Waals surface area contributed by atoms with Gasteiger partial charge in [-0.05, 0) is 18.4 Å². The van der Waals surface area contributed by atoms with E-state index in [0.29, 0.717) is 11.3 Å². The van der Waals surface area contributed by atoms with E-state index >= 15 is 0 Å². The van der Waals surface area contributed by atoms with Gasteiger partial charge in [0.1, 0.15) is 0 Å². The lowest BCUT2D eigenvalue weighted by Gasteiger charge is -2.11. The van der Waals surface area contributed by atoms with E-state index in [1.807, 2.05) is 0 Å². The summed E-state index contributed by atoms with van der Waals surface area (Å²) in [7, 11) is 0. The van der Waals surface area contributed by atoms with Crippen LogP contribution in [0.15, 0.2) is 18.5 Å². The van der Waals surface area contributed by atoms with Crippen molar-refractivity contribution in [2.75, 3.05) is 11.9 Å². The maximum absolute atomic E-state index is 11.0. The molecule has 1 aliphatic carbocycles. The first-order valence-electron chi connectivity index (χ1n) is 6.18. The number of pyridine rings is 1. The monoisotopic (exact) mass is 234 g/mol. The second-order valence-corrected chi connectivity index (χ2v) is 4.59. The van der Waals surface area contributed by atoms with Gasteiger partial charge in [0.05, 0.1) is 17.4 Å². The van der Waals surface area contributed by atoms with Gasteiger partial charge in [0, 0.05) is 12.7 Å². The standard InChI is InChI=1S/C13H18N2O2/c16-13(17)11-6-7-14-9-12(11)15-8-5-10-3-1-2-4-10/h6-7,9-10,15H,1-5,8H2,(H,16,17). The summed E-state index contributed by atoms with van der Waals surface area (Å²) in [5.74, 6) is -0.0942. The second-order valence-electron chi connectivity index (χ2n) is 4.59. The first kappa shape index (κ1) is 11.9. The molecule has 0 atom stereocenters. The second kappa shape index (κ2) is 5.66. The Morgan fingerprint density at radius 1 is 1.47 bits per heavy atom. The van der Waals surface area contributed by atoms with E-state index in [1.165, 1.54) is 37.9 Å². The van der Waals surface area contributed by atoms with Crippen molar-refractivity contribution in [2.45, 2.75) is 32.1 Å². The van der Waals surface area contributed by atoms with E-state index in [2.05, 4.69) is 10.3 Å². The molecule has 0 aromatic carbocycles. The van der Waals surface area contributed by atoms with Crippen LogP contribution in [-0.4, -0.2) is 22.6 Å². The lowest BCUT2D eigenvalue weighted by Crippen LogP contribution is -2.10. The SMILES string of the molecule is O=C(O)c1ccncc1NCCC1CCCC1. The lowest BCUT2D eigenvalue weighted by molar-refractivity contribution is 0.0698. The Labute approximate surface area is 101 Å². The molecule has 0 saturated heterocycles. The van der Waals surface area contributed by atoms with Crippen LogP contribution < -0.4 is 5.32 Å². The Bertz CT molecular complexity index is 387. The van der Waals surface area contributed by atoms with Crippen LogP contribution in [0.5, 0.6) is 0 Å². The molecule has 1 aromatic rings. The Morgan fingerprint density at radius 3 is 2.94 bits per heavy atom. The highest BCUT2D eigenvalue weighted by atomic mass is 16.4. The van der Waals surface area contributed by atoms with Gasteiger partial charge in [-0.15, -0.1) is 0 Å². The largest absolute Gasteiger partial charge is 0.478 e. The molecule has 1 heterocycles. The molecule has 92 valence electrons. The number of hydrogen-bond donors (Lipinski definition) is 2. The molecular weight excluding hydrogens is 216 g/mol. The summed E-state index contributed by atoms with van der Waals surface area (Å²) in [5, 5.41) is 12.2. The van der Waals surface area contributed by atoms with E-state index in [0.717, 1.165) is 18.9 Å². The summed E-state index contributed by atoms with van der Waals surface area (Å²) in [6.07, 6.45) is 9.54. The number of nitrogens with zero attached hydrogens (tertiary/aromatic N) is 1. The van der Waals surface area contributed by atoms with Crippen molar-refractivity contribution in [3.8, 4) is 0 Å². The predicted molar refractivity (Wildman–Crippen MR) is 66.3 cm³/mol. The lowest BCUT2D eigenvalue weighted by atomic mass is 10.0. The average Bonchev–Trinajstić information content (AvgIpc) is 2.82. The molecule has 1 fully saturated rings. The first-order valence-corrected chi connectivity index (χ1v) is 6.18. The van der Waals surface area contributed by atoms with Crippen molar-refractivity contribution in [3.05, 3.63) is 24.0 Å². The number of aromatic carboxylic acids is 1. The van der Waals surface area contributed by atoms with Crippen LogP contribution in [0.25, 0.3) is 0 Å². The van der Waals surface area contributed by atoms with Gasteiger partial charge in [0.2, 0.25) is 0 Å². The van der Waals surface area contributed by atoms with Crippen LogP contribution in [0.3, 0.4) is 0 Å². The summed E-state index contributed by atoms with van der Waals surface area (Å²) >= 11 is 0. The molecule has 17 heavy (non-hydrogen) atoms. The summed E-state index contributed by atoms with van der Waals surface area (Å²) < 4.78 is 0. The summed E-state index contributed by atoms with van der Waals surface area (Å²) in [4.78, 5) is 14.9. The first-order chi connectivity index (χ1) is 8.27. The highest BCUT2D eigenvalue weighted by Gasteiger charge is 2.15. The summed E-state index contributed by atoms with van der Waals surface area (Å²) in [6, 6.07) is 1.53. The number of nitrogens with one attached hydrogen (secondary N) is 1. The van der Waals surface area contributed by atoms with Crippen molar-refractivity contribution >= 4 is 11.7 Å². The zero-order valence-corrected chi connectivity index (χ0v) is 9.85. The molecule has 4 heteroatoms. The molecule has 4 nitrogen and oxygen atoms in total. The molecule has 0 unspecified atom stereocenters. The number of carboxylic acids is 1. The van der Waals surface area contributed by atoms with E-state index in [9.17, 15) is 4.79 Å². The van der Waals surface area contributed by atoms with Crippen LogP contribution >= 0.6 is 0 Å².